The molecule has 4 aromatic rings. The fraction of sp³-hybridized carbons (Fsp3) is 0.576. The van der Waals surface area contributed by atoms with Gasteiger partial charge in [0.1, 0.15) is 22.2 Å². The summed E-state index contributed by atoms with van der Waals surface area (Å²) in [6.07, 6.45) is -1.72. The number of phenols is 1. The summed E-state index contributed by atoms with van der Waals surface area (Å²) in [6.45, 7) is 11.5. The van der Waals surface area contributed by atoms with Crippen molar-refractivity contribution >= 4 is 48.3 Å². The van der Waals surface area contributed by atoms with Crippen LogP contribution in [0, 0.1) is 6.92 Å². The zero-order chi connectivity index (χ0) is 34.4. The molecule has 0 aliphatic carbocycles. The Balaban J connectivity index is 1.08. The van der Waals surface area contributed by atoms with E-state index in [1.54, 1.807) is 6.07 Å². The maximum atomic E-state index is 13.1. The fourth-order valence-electron chi connectivity index (χ4n) is 6.95. The molecule has 5 heterocycles. The lowest BCUT2D eigenvalue weighted by Gasteiger charge is -2.37. The molecule has 0 amide bonds. The molecule has 0 unspecified atom stereocenters. The Labute approximate surface area is 283 Å². The molecule has 2 aliphatic rings. The highest BCUT2D eigenvalue weighted by Gasteiger charge is 2.30. The van der Waals surface area contributed by atoms with Gasteiger partial charge >= 0.3 is 6.18 Å². The van der Waals surface area contributed by atoms with E-state index in [4.69, 9.17) is 0 Å². The molecule has 2 fully saturated rings. The minimum absolute atomic E-state index is 0.124. The first kappa shape index (κ1) is 34.9. The number of piperidine rings is 1. The topological polar surface area (TPSA) is 107 Å². The second kappa shape index (κ2) is 13.7. The van der Waals surface area contributed by atoms with E-state index in [9.17, 15) is 26.7 Å². The minimum atomic E-state index is -4.27. The van der Waals surface area contributed by atoms with Gasteiger partial charge in [-0.2, -0.15) is 17.5 Å². The Morgan fingerprint density at radius 2 is 1.77 bits per heavy atom. The third-order valence-corrected chi connectivity index (χ3v) is 12.0. The molecule has 2 saturated heterocycles. The zero-order valence-corrected chi connectivity index (χ0v) is 29.5. The van der Waals surface area contributed by atoms with Crippen molar-refractivity contribution in [1.82, 2.24) is 28.6 Å². The number of thiophene rings is 1. The molecule has 0 spiro atoms. The van der Waals surface area contributed by atoms with E-state index in [-0.39, 0.29) is 22.7 Å². The van der Waals surface area contributed by atoms with Crippen LogP contribution in [0.15, 0.2) is 24.3 Å². The second-order valence-corrected chi connectivity index (χ2v) is 16.3. The summed E-state index contributed by atoms with van der Waals surface area (Å²) in [5, 5.41) is 16.4. The largest absolute Gasteiger partial charge is 0.508 e. The number of aromatic nitrogens is 3. The number of anilines is 1. The second-order valence-electron chi connectivity index (χ2n) is 13.2. The molecule has 2 aliphatic heterocycles. The van der Waals surface area contributed by atoms with E-state index in [0.717, 1.165) is 66.0 Å². The molecule has 0 radical (unpaired) electrons. The predicted molar refractivity (Wildman–Crippen MR) is 184 cm³/mol. The third-order valence-electron chi connectivity index (χ3n) is 9.62. The zero-order valence-electron chi connectivity index (χ0n) is 27.8. The molecule has 48 heavy (non-hydrogen) atoms. The van der Waals surface area contributed by atoms with Crippen LogP contribution in [0.4, 0.5) is 19.0 Å². The van der Waals surface area contributed by atoms with Crippen molar-refractivity contribution in [2.24, 2.45) is 0 Å². The summed E-state index contributed by atoms with van der Waals surface area (Å²) >= 11 is 1.08. The van der Waals surface area contributed by atoms with Crippen molar-refractivity contribution in [2.45, 2.75) is 77.8 Å². The van der Waals surface area contributed by atoms with Gasteiger partial charge in [0.15, 0.2) is 0 Å². The number of rotatable bonds is 10. The van der Waals surface area contributed by atoms with Crippen LogP contribution >= 0.6 is 11.3 Å². The predicted octanol–water partition coefficient (Wildman–Crippen LogP) is 5.37. The van der Waals surface area contributed by atoms with Gasteiger partial charge in [0.05, 0.1) is 23.6 Å². The summed E-state index contributed by atoms with van der Waals surface area (Å²) < 4.78 is 66.8. The average Bonchev–Trinajstić information content (AvgIpc) is 3.55. The highest BCUT2D eigenvalue weighted by molar-refractivity contribution is 7.88. The summed E-state index contributed by atoms with van der Waals surface area (Å²) in [7, 11) is -3.18. The van der Waals surface area contributed by atoms with Gasteiger partial charge < -0.3 is 15.0 Å². The monoisotopic (exact) mass is 707 g/mol. The van der Waals surface area contributed by atoms with Crippen molar-refractivity contribution in [3.63, 3.8) is 0 Å². The van der Waals surface area contributed by atoms with Crippen molar-refractivity contribution in [3.8, 4) is 5.75 Å². The fourth-order valence-corrected chi connectivity index (χ4v) is 8.85. The molecule has 262 valence electrons. The number of alkyl halides is 3. The van der Waals surface area contributed by atoms with Gasteiger partial charge in [0.2, 0.25) is 10.0 Å². The van der Waals surface area contributed by atoms with Gasteiger partial charge in [-0.3, -0.25) is 9.80 Å². The van der Waals surface area contributed by atoms with Crippen LogP contribution in [-0.2, 0) is 36.0 Å². The van der Waals surface area contributed by atoms with Crippen LogP contribution in [-0.4, -0.2) is 106 Å². The number of sulfonamides is 1. The molecule has 10 nitrogen and oxygen atoms in total. The number of aryl methyl sites for hydroxylation is 2. The lowest BCUT2D eigenvalue weighted by atomic mass is 10.0. The lowest BCUT2D eigenvalue weighted by Crippen LogP contribution is -2.51. The van der Waals surface area contributed by atoms with E-state index >= 15 is 0 Å². The third kappa shape index (κ3) is 7.91. The Hall–Kier alpha value is -2.98. The molecule has 1 aromatic carbocycles. The van der Waals surface area contributed by atoms with E-state index in [1.807, 2.05) is 13.0 Å². The van der Waals surface area contributed by atoms with Crippen molar-refractivity contribution in [2.75, 3.05) is 50.8 Å². The van der Waals surface area contributed by atoms with Gasteiger partial charge in [0.25, 0.3) is 0 Å². The number of phenolic OH excluding ortho intramolecular Hbond substituents is 1. The minimum Gasteiger partial charge on any atom is -0.508 e. The van der Waals surface area contributed by atoms with E-state index in [0.29, 0.717) is 61.0 Å². The van der Waals surface area contributed by atoms with Crippen molar-refractivity contribution in [3.05, 3.63) is 46.2 Å². The number of benzene rings is 1. The number of piperazine rings is 1. The lowest BCUT2D eigenvalue weighted by molar-refractivity contribution is -0.126. The molecule has 0 saturated carbocycles. The Morgan fingerprint density at radius 1 is 1.06 bits per heavy atom. The van der Waals surface area contributed by atoms with Crippen LogP contribution in [0.25, 0.3) is 21.1 Å². The standard InChI is InChI=1S/C33H44F3N7O3S2/c1-5-30-38-31(27-16-26(18-33(34,35)36)47-32(27)39-30)37-25-6-8-40(9-7-25)20-24-15-23-14-21(2)43(28(23)17-29(24)44)19-22(3)41-10-12-42(13-11-41)48(4,45)46/h14-17,22,25,44H,5-13,18-20H2,1-4H3,(H,37,38,39)/t22-/m0/s1. The maximum absolute atomic E-state index is 13.1. The summed E-state index contributed by atoms with van der Waals surface area (Å²) in [5.74, 6) is 1.48. The Kier molecular flexibility index (Phi) is 9.98. The van der Waals surface area contributed by atoms with Crippen molar-refractivity contribution in [1.29, 1.82) is 0 Å². The van der Waals surface area contributed by atoms with Crippen molar-refractivity contribution < 1.29 is 26.7 Å². The first-order valence-electron chi connectivity index (χ1n) is 16.5. The molecule has 6 rings (SSSR count). The number of nitrogens with zero attached hydrogens (tertiary/aromatic N) is 6. The van der Waals surface area contributed by atoms with Gasteiger partial charge in [-0.1, -0.05) is 6.92 Å². The Bertz CT molecular complexity index is 1880. The van der Waals surface area contributed by atoms with E-state index < -0.39 is 22.6 Å². The highest BCUT2D eigenvalue weighted by atomic mass is 32.2. The number of likely N-dealkylation sites (tertiary alicyclic amines) is 1. The number of hydrogen-bond donors (Lipinski definition) is 2. The van der Waals surface area contributed by atoms with Crippen LogP contribution < -0.4 is 5.32 Å². The SMILES string of the molecule is CCc1nc(NC2CCN(Cc3cc4cc(C)n(C[C@H](C)N5CCN(S(C)(=O)=O)CC5)c4cc3O)CC2)c2cc(CC(F)(F)F)sc2n1. The number of nitrogens with one attached hydrogen (secondary N) is 1. The number of aromatic hydroxyl groups is 1. The molecule has 1 atom stereocenters. The first-order chi connectivity index (χ1) is 22.7. The average molecular weight is 708 g/mol. The molecule has 15 heteroatoms. The number of fused-ring (bicyclic) bond motifs is 2. The van der Waals surface area contributed by atoms with Crippen LogP contribution in [0.5, 0.6) is 5.75 Å². The van der Waals surface area contributed by atoms with E-state index in [2.05, 4.69) is 55.6 Å². The summed E-state index contributed by atoms with van der Waals surface area (Å²) in [5.41, 5.74) is 2.96. The molecule has 2 N–H and O–H groups in total. The van der Waals surface area contributed by atoms with Gasteiger partial charge in [-0.15, -0.1) is 11.3 Å². The normalized spacial score (nSPS) is 18.6. The molecule has 0 bridgehead atoms. The molecular weight excluding hydrogens is 664 g/mol. The number of halogens is 3. The van der Waals surface area contributed by atoms with Crippen LogP contribution in [0.2, 0.25) is 0 Å². The highest BCUT2D eigenvalue weighted by Crippen LogP contribution is 2.35. The van der Waals surface area contributed by atoms with Crippen LogP contribution in [0.3, 0.4) is 0 Å². The summed E-state index contributed by atoms with van der Waals surface area (Å²) in [6, 6.07) is 7.99. The molecular formula is C33H44F3N7O3S2. The maximum Gasteiger partial charge on any atom is 0.393 e. The molecule has 3 aromatic heterocycles. The number of hydrogen-bond acceptors (Lipinski definition) is 9. The quantitative estimate of drug-likeness (QED) is 0.227. The van der Waals surface area contributed by atoms with Gasteiger partial charge in [-0.05, 0) is 44.9 Å². The summed E-state index contributed by atoms with van der Waals surface area (Å²) in [4.78, 5) is 14.6. The first-order valence-corrected chi connectivity index (χ1v) is 19.2. The smallest absolute Gasteiger partial charge is 0.393 e. The van der Waals surface area contributed by atoms with Gasteiger partial charge in [0, 0.05) is 98.4 Å². The van der Waals surface area contributed by atoms with Gasteiger partial charge in [-0.25, -0.2) is 18.4 Å². The van der Waals surface area contributed by atoms with Crippen LogP contribution in [0.1, 0.15) is 48.6 Å². The Morgan fingerprint density at radius 3 is 2.42 bits per heavy atom. The van der Waals surface area contributed by atoms with E-state index in [1.165, 1.54) is 10.6 Å².